The van der Waals surface area contributed by atoms with E-state index in [2.05, 4.69) is 162 Å². The van der Waals surface area contributed by atoms with Crippen molar-refractivity contribution >= 4 is 56.6 Å². The van der Waals surface area contributed by atoms with Gasteiger partial charge in [-0.05, 0) is 0 Å². The summed E-state index contributed by atoms with van der Waals surface area (Å²) >= 11 is -4.87. The Kier molecular flexibility index (Phi) is 8.59. The van der Waals surface area contributed by atoms with Gasteiger partial charge in [0, 0.05) is 0 Å². The molecule has 251 valence electrons. The van der Waals surface area contributed by atoms with Crippen LogP contribution in [0.5, 0.6) is 0 Å². The SMILES string of the molecule is CCC1=Cc2c(-c3ccc(C)c4ccccc34)cccc2[CH]1[Zr]([Cl])([Cl])([CH]1C(CC)=Cc2c(-c3ccc(C)c4ccccc34)cccc21)[SiH](C)C. The van der Waals surface area contributed by atoms with E-state index in [1.807, 2.05) is 0 Å². The summed E-state index contributed by atoms with van der Waals surface area (Å²) in [5.74, 6) is -1.66. The van der Waals surface area contributed by atoms with Gasteiger partial charge in [0.25, 0.3) is 0 Å². The summed E-state index contributed by atoms with van der Waals surface area (Å²) in [7, 11) is 17.5. The van der Waals surface area contributed by atoms with Crippen LogP contribution in [0.15, 0.2) is 120 Å². The molecule has 0 bridgehead atoms. The normalized spacial score (nSPS) is 17.8. The Labute approximate surface area is 306 Å². The molecule has 6 aromatic rings. The minimum absolute atomic E-state index is 0.0814. The molecule has 0 saturated heterocycles. The Morgan fingerprint density at radius 3 is 1.28 bits per heavy atom. The fraction of sp³-hybridized carbons (Fsp3) is 0.217. The first kappa shape index (κ1) is 34.1. The second-order valence-corrected chi connectivity index (χ2v) is 57.5. The number of allylic oxidation sites excluding steroid dienone is 2. The maximum atomic E-state index is 8.73. The fourth-order valence-corrected chi connectivity index (χ4v) is 41.3. The molecule has 0 heterocycles. The fourth-order valence-electron chi connectivity index (χ4n) is 9.52. The van der Waals surface area contributed by atoms with Crippen molar-refractivity contribution in [1.82, 2.24) is 0 Å². The van der Waals surface area contributed by atoms with E-state index in [1.165, 1.54) is 88.3 Å². The van der Waals surface area contributed by atoms with E-state index in [0.717, 1.165) is 12.8 Å². The van der Waals surface area contributed by atoms with Gasteiger partial charge < -0.3 is 0 Å². The second-order valence-electron chi connectivity index (χ2n) is 15.0. The van der Waals surface area contributed by atoms with Crippen LogP contribution in [-0.2, 0) is 15.6 Å². The third kappa shape index (κ3) is 4.93. The van der Waals surface area contributed by atoms with Crippen molar-refractivity contribution in [3.05, 3.63) is 154 Å². The van der Waals surface area contributed by atoms with Crippen LogP contribution in [0.2, 0.25) is 13.1 Å². The van der Waals surface area contributed by atoms with Gasteiger partial charge in [-0.3, -0.25) is 0 Å². The molecule has 8 rings (SSSR count). The first-order valence-electron chi connectivity index (χ1n) is 18.3. The van der Waals surface area contributed by atoms with E-state index >= 15 is 0 Å². The van der Waals surface area contributed by atoms with Crippen LogP contribution in [0.25, 0.3) is 56.0 Å². The van der Waals surface area contributed by atoms with Crippen molar-refractivity contribution in [1.29, 1.82) is 0 Å². The molecule has 0 radical (unpaired) electrons. The van der Waals surface area contributed by atoms with Crippen molar-refractivity contribution < 1.29 is 15.6 Å². The van der Waals surface area contributed by atoms with Gasteiger partial charge in [-0.25, -0.2) is 0 Å². The molecule has 4 heteroatoms. The van der Waals surface area contributed by atoms with Gasteiger partial charge >= 0.3 is 309 Å². The number of rotatable bonds is 7. The molecule has 0 amide bonds. The average Bonchev–Trinajstić information content (AvgIpc) is 3.73. The minimum atomic E-state index is -4.87. The zero-order valence-corrected chi connectivity index (χ0v) is 35.1. The van der Waals surface area contributed by atoms with Crippen LogP contribution in [0.1, 0.15) is 67.3 Å². The number of aryl methyl sites for hydroxylation is 2. The van der Waals surface area contributed by atoms with Crippen LogP contribution in [0, 0.1) is 13.8 Å². The van der Waals surface area contributed by atoms with Crippen LogP contribution in [-0.4, -0.2) is 5.92 Å². The average molecular weight is 788 g/mol. The standard InChI is InChI=1S/2C22H19.C2H7Si.2ClH.Zr/c2*1-3-16-13-17-7-6-10-20(22(17)14-16)21-12-11-15(2)18-8-4-5-9-19(18)21;1-3-2;;;/h2*4-14H,3H2,1-2H3;3H,1-2H3;2*1H;/q;;;;;+2/p-2. The maximum absolute atomic E-state index is 8.73. The van der Waals surface area contributed by atoms with E-state index in [-0.39, 0.29) is 7.25 Å². The molecule has 2 aliphatic carbocycles. The monoisotopic (exact) mass is 785 g/mol. The molecule has 0 spiro atoms. The van der Waals surface area contributed by atoms with E-state index in [1.54, 1.807) is 0 Å². The van der Waals surface area contributed by atoms with Gasteiger partial charge in [0.15, 0.2) is 0 Å². The summed E-state index contributed by atoms with van der Waals surface area (Å²) in [5, 5.41) is 5.21. The van der Waals surface area contributed by atoms with Crippen LogP contribution in [0.3, 0.4) is 0 Å². The Morgan fingerprint density at radius 2 is 0.900 bits per heavy atom. The van der Waals surface area contributed by atoms with Gasteiger partial charge in [-0.2, -0.15) is 0 Å². The van der Waals surface area contributed by atoms with Gasteiger partial charge in [-0.1, -0.05) is 0 Å². The molecular formula is C46H45Cl2SiZr. The Bertz CT molecular complexity index is 2250. The molecular weight excluding hydrogens is 743 g/mol. The van der Waals surface area contributed by atoms with Crippen molar-refractivity contribution in [2.24, 2.45) is 0 Å². The molecule has 2 atom stereocenters. The van der Waals surface area contributed by atoms with Crippen molar-refractivity contribution in [2.75, 3.05) is 0 Å². The van der Waals surface area contributed by atoms with Crippen LogP contribution >= 0.6 is 17.0 Å². The molecule has 0 aromatic heterocycles. The van der Waals surface area contributed by atoms with Crippen LogP contribution in [0.4, 0.5) is 0 Å². The number of hydrogen-bond acceptors (Lipinski definition) is 0. The summed E-state index contributed by atoms with van der Waals surface area (Å²) in [6, 6.07) is 40.6. The van der Waals surface area contributed by atoms with Gasteiger partial charge in [0.1, 0.15) is 0 Å². The van der Waals surface area contributed by atoms with Crippen molar-refractivity contribution in [2.45, 2.75) is 60.9 Å². The number of fused-ring (bicyclic) bond motifs is 4. The van der Waals surface area contributed by atoms with Crippen LogP contribution < -0.4 is 0 Å². The molecule has 0 fully saturated rings. The molecule has 50 heavy (non-hydrogen) atoms. The first-order chi connectivity index (χ1) is 24.1. The van der Waals surface area contributed by atoms with Gasteiger partial charge in [0.05, 0.1) is 0 Å². The summed E-state index contributed by atoms with van der Waals surface area (Å²) in [6.45, 7) is 13.9. The number of hydrogen-bond donors (Lipinski definition) is 0. The molecule has 0 N–H and O–H groups in total. The summed E-state index contributed by atoms with van der Waals surface area (Å²) < 4.78 is 0.163. The molecule has 2 aliphatic rings. The first-order valence-corrected chi connectivity index (χ1v) is 34.6. The molecule has 0 aliphatic heterocycles. The van der Waals surface area contributed by atoms with Gasteiger partial charge in [0.2, 0.25) is 0 Å². The zero-order valence-electron chi connectivity index (χ0n) is 29.9. The van der Waals surface area contributed by atoms with Crippen molar-refractivity contribution in [3.63, 3.8) is 0 Å². The molecule has 2 unspecified atom stereocenters. The van der Waals surface area contributed by atoms with Crippen molar-refractivity contribution in [3.8, 4) is 22.3 Å². The molecule has 0 saturated carbocycles. The van der Waals surface area contributed by atoms with E-state index in [0.29, 0.717) is 0 Å². The third-order valence-corrected chi connectivity index (χ3v) is 64.0. The summed E-state index contributed by atoms with van der Waals surface area (Å²) in [4.78, 5) is 0. The molecule has 6 aromatic carbocycles. The number of benzene rings is 6. The predicted molar refractivity (Wildman–Crippen MR) is 221 cm³/mol. The summed E-state index contributed by atoms with van der Waals surface area (Å²) in [5.41, 5.74) is 15.9. The third-order valence-electron chi connectivity index (χ3n) is 12.2. The second kappa shape index (κ2) is 12.6. The van der Waals surface area contributed by atoms with Gasteiger partial charge in [-0.15, -0.1) is 0 Å². The quantitative estimate of drug-likeness (QED) is 0.141. The van der Waals surface area contributed by atoms with E-state index in [9.17, 15) is 0 Å². The Morgan fingerprint density at radius 1 is 0.500 bits per heavy atom. The van der Waals surface area contributed by atoms with E-state index < -0.39 is 21.5 Å². The van der Waals surface area contributed by atoms with E-state index in [4.69, 9.17) is 17.0 Å². The number of halogens is 2. The zero-order chi connectivity index (χ0) is 35.0. The molecule has 0 nitrogen and oxygen atoms in total. The topological polar surface area (TPSA) is 0 Å². The Hall–Kier alpha value is -3.00. The Balaban J connectivity index is 1.35. The predicted octanol–water partition coefficient (Wildman–Crippen LogP) is 14.3. The summed E-state index contributed by atoms with van der Waals surface area (Å²) in [6.07, 6.45) is 6.85.